The Kier molecular flexibility index (Phi) is 8.72. The Balaban J connectivity index is 0.00000220. The average molecular weight is 342 g/mol. The summed E-state index contributed by atoms with van der Waals surface area (Å²) in [4.78, 5) is 16.3. The Morgan fingerprint density at radius 3 is 2.41 bits per heavy atom. The quantitative estimate of drug-likeness (QED) is 0.893. The van der Waals surface area contributed by atoms with Crippen LogP contribution in [0.3, 0.4) is 0 Å². The van der Waals surface area contributed by atoms with Gasteiger partial charge in [0.05, 0.1) is 17.8 Å². The molecule has 0 fully saturated rings. The van der Waals surface area contributed by atoms with E-state index in [0.717, 1.165) is 11.1 Å². The highest BCUT2D eigenvalue weighted by molar-refractivity contribution is 5.92. The van der Waals surface area contributed by atoms with Gasteiger partial charge in [-0.15, -0.1) is 24.8 Å². The van der Waals surface area contributed by atoms with Crippen molar-refractivity contribution in [3.8, 4) is 0 Å². The molecule has 1 heterocycles. The van der Waals surface area contributed by atoms with Crippen molar-refractivity contribution in [1.82, 2.24) is 4.98 Å². The van der Waals surface area contributed by atoms with Crippen molar-refractivity contribution in [1.29, 1.82) is 0 Å². The van der Waals surface area contributed by atoms with Gasteiger partial charge in [-0.05, 0) is 24.1 Å². The molecule has 6 heteroatoms. The number of anilines is 1. The summed E-state index contributed by atoms with van der Waals surface area (Å²) >= 11 is 0. The molecule has 2 unspecified atom stereocenters. The van der Waals surface area contributed by atoms with Gasteiger partial charge in [0.2, 0.25) is 5.91 Å². The zero-order valence-electron chi connectivity index (χ0n) is 12.5. The Hall–Kier alpha value is -1.62. The lowest BCUT2D eigenvalue weighted by Gasteiger charge is -2.19. The highest BCUT2D eigenvalue weighted by Crippen LogP contribution is 2.20. The zero-order valence-corrected chi connectivity index (χ0v) is 14.2. The van der Waals surface area contributed by atoms with E-state index in [1.165, 1.54) is 0 Å². The van der Waals surface area contributed by atoms with E-state index >= 15 is 0 Å². The topological polar surface area (TPSA) is 68.0 Å². The second kappa shape index (κ2) is 9.41. The van der Waals surface area contributed by atoms with Crippen LogP contribution in [0.4, 0.5) is 5.69 Å². The minimum atomic E-state index is -0.325. The van der Waals surface area contributed by atoms with Crippen LogP contribution < -0.4 is 11.1 Å². The molecule has 4 nitrogen and oxygen atoms in total. The summed E-state index contributed by atoms with van der Waals surface area (Å²) in [6.07, 6.45) is 3.38. The first-order chi connectivity index (χ1) is 9.58. The molecule has 0 spiro atoms. The van der Waals surface area contributed by atoms with E-state index in [2.05, 4.69) is 10.3 Å². The van der Waals surface area contributed by atoms with Crippen LogP contribution in [0.25, 0.3) is 0 Å². The van der Waals surface area contributed by atoms with Gasteiger partial charge in [-0.25, -0.2) is 0 Å². The van der Waals surface area contributed by atoms with Crippen LogP contribution in [0, 0.1) is 12.8 Å². The molecule has 1 aromatic carbocycles. The van der Waals surface area contributed by atoms with E-state index in [4.69, 9.17) is 5.73 Å². The van der Waals surface area contributed by atoms with Crippen LogP contribution >= 0.6 is 24.8 Å². The van der Waals surface area contributed by atoms with E-state index in [9.17, 15) is 4.79 Å². The third-order valence-electron chi connectivity index (χ3n) is 3.28. The summed E-state index contributed by atoms with van der Waals surface area (Å²) in [7, 11) is 0. The monoisotopic (exact) mass is 341 g/mol. The van der Waals surface area contributed by atoms with Gasteiger partial charge in [-0.3, -0.25) is 9.78 Å². The molecule has 2 atom stereocenters. The Morgan fingerprint density at radius 2 is 1.82 bits per heavy atom. The molecule has 0 saturated carbocycles. The standard InChI is InChI=1S/C16H19N3O.2ClH/c1-11-8-14(10-18-9-11)19-16(20)12(2)15(17)13-6-4-3-5-7-13;;/h3-10,12,15H,17H2,1-2H3,(H,19,20);2*1H. The number of nitrogens with two attached hydrogens (primary N) is 1. The first-order valence-electron chi connectivity index (χ1n) is 6.61. The first-order valence-corrected chi connectivity index (χ1v) is 6.61. The summed E-state index contributed by atoms with van der Waals surface area (Å²) in [5.41, 5.74) is 8.80. The van der Waals surface area contributed by atoms with Crippen molar-refractivity contribution in [3.05, 3.63) is 59.9 Å². The number of amides is 1. The molecule has 2 aromatic rings. The number of nitrogens with zero attached hydrogens (tertiary/aromatic N) is 1. The number of nitrogens with one attached hydrogen (secondary N) is 1. The lowest BCUT2D eigenvalue weighted by molar-refractivity contribution is -0.120. The van der Waals surface area contributed by atoms with Gasteiger partial charge in [-0.2, -0.15) is 0 Å². The lowest BCUT2D eigenvalue weighted by atomic mass is 9.94. The van der Waals surface area contributed by atoms with Crippen LogP contribution in [0.15, 0.2) is 48.8 Å². The third-order valence-corrected chi connectivity index (χ3v) is 3.28. The predicted molar refractivity (Wildman–Crippen MR) is 94.6 cm³/mol. The van der Waals surface area contributed by atoms with Crippen LogP contribution in [0.2, 0.25) is 0 Å². The van der Waals surface area contributed by atoms with E-state index in [-0.39, 0.29) is 42.7 Å². The summed E-state index contributed by atoms with van der Waals surface area (Å²) in [5.74, 6) is -0.424. The first kappa shape index (κ1) is 20.4. The largest absolute Gasteiger partial charge is 0.324 e. The number of aryl methyl sites for hydroxylation is 1. The van der Waals surface area contributed by atoms with Gasteiger partial charge in [0.1, 0.15) is 0 Å². The number of pyridine rings is 1. The number of hydrogen-bond donors (Lipinski definition) is 2. The number of benzene rings is 1. The van der Waals surface area contributed by atoms with Gasteiger partial charge in [-0.1, -0.05) is 37.3 Å². The van der Waals surface area contributed by atoms with Crippen molar-refractivity contribution < 1.29 is 4.79 Å². The van der Waals surface area contributed by atoms with Gasteiger partial charge in [0.15, 0.2) is 0 Å². The predicted octanol–water partition coefficient (Wildman–Crippen LogP) is 3.51. The van der Waals surface area contributed by atoms with Crippen molar-refractivity contribution in [2.24, 2.45) is 11.7 Å². The molecule has 1 amide bonds. The van der Waals surface area contributed by atoms with Gasteiger partial charge >= 0.3 is 0 Å². The number of halogens is 2. The molecule has 0 bridgehead atoms. The summed E-state index contributed by atoms with van der Waals surface area (Å²) in [6, 6.07) is 11.2. The van der Waals surface area contributed by atoms with Gasteiger partial charge in [0, 0.05) is 12.2 Å². The van der Waals surface area contributed by atoms with E-state index in [0.29, 0.717) is 5.69 Å². The molecule has 3 N–H and O–H groups in total. The Labute approximate surface area is 143 Å². The number of carbonyl (C=O) groups excluding carboxylic acids is 1. The minimum Gasteiger partial charge on any atom is -0.324 e. The molecule has 0 aliphatic rings. The Morgan fingerprint density at radius 1 is 1.18 bits per heavy atom. The molecule has 0 aliphatic carbocycles. The molecule has 120 valence electrons. The van der Waals surface area contributed by atoms with Crippen LogP contribution in [-0.2, 0) is 4.79 Å². The Bertz CT molecular complexity index is 593. The minimum absolute atomic E-state index is 0. The second-order valence-corrected chi connectivity index (χ2v) is 4.97. The average Bonchev–Trinajstić information content (AvgIpc) is 2.46. The normalized spacial score (nSPS) is 12.3. The molecular weight excluding hydrogens is 321 g/mol. The smallest absolute Gasteiger partial charge is 0.229 e. The fraction of sp³-hybridized carbons (Fsp3) is 0.250. The van der Waals surface area contributed by atoms with Crippen molar-refractivity contribution in [3.63, 3.8) is 0 Å². The molecule has 0 radical (unpaired) electrons. The molecule has 22 heavy (non-hydrogen) atoms. The number of carbonyl (C=O) groups is 1. The fourth-order valence-electron chi connectivity index (χ4n) is 2.01. The number of rotatable bonds is 4. The van der Waals surface area contributed by atoms with E-state index in [1.54, 1.807) is 12.4 Å². The van der Waals surface area contributed by atoms with E-state index < -0.39 is 0 Å². The maximum Gasteiger partial charge on any atom is 0.229 e. The maximum atomic E-state index is 12.2. The number of hydrogen-bond acceptors (Lipinski definition) is 3. The SMILES string of the molecule is Cc1cncc(NC(=O)C(C)C(N)c2ccccc2)c1.Cl.Cl. The molecular formula is C16H21Cl2N3O. The van der Waals surface area contributed by atoms with E-state index in [1.807, 2.05) is 50.2 Å². The summed E-state index contributed by atoms with van der Waals surface area (Å²) in [6.45, 7) is 3.76. The molecule has 0 aliphatic heterocycles. The summed E-state index contributed by atoms with van der Waals surface area (Å²) in [5, 5.41) is 2.85. The molecule has 1 aromatic heterocycles. The van der Waals surface area contributed by atoms with Gasteiger partial charge < -0.3 is 11.1 Å². The second-order valence-electron chi connectivity index (χ2n) is 4.97. The highest BCUT2D eigenvalue weighted by Gasteiger charge is 2.22. The summed E-state index contributed by atoms with van der Waals surface area (Å²) < 4.78 is 0. The van der Waals surface area contributed by atoms with Crippen molar-refractivity contribution >= 4 is 36.4 Å². The zero-order chi connectivity index (χ0) is 14.5. The van der Waals surface area contributed by atoms with Crippen molar-refractivity contribution in [2.45, 2.75) is 19.9 Å². The van der Waals surface area contributed by atoms with Crippen LogP contribution in [0.1, 0.15) is 24.1 Å². The highest BCUT2D eigenvalue weighted by atomic mass is 35.5. The van der Waals surface area contributed by atoms with Crippen molar-refractivity contribution in [2.75, 3.05) is 5.32 Å². The molecule has 2 rings (SSSR count). The van der Waals surface area contributed by atoms with Crippen LogP contribution in [-0.4, -0.2) is 10.9 Å². The number of aromatic nitrogens is 1. The van der Waals surface area contributed by atoms with Gasteiger partial charge in [0.25, 0.3) is 0 Å². The lowest BCUT2D eigenvalue weighted by Crippen LogP contribution is -2.30. The maximum absolute atomic E-state index is 12.2. The van der Waals surface area contributed by atoms with Crippen LogP contribution in [0.5, 0.6) is 0 Å². The fourth-order valence-corrected chi connectivity index (χ4v) is 2.01. The molecule has 0 saturated heterocycles. The third kappa shape index (κ3) is 5.30.